The lowest BCUT2D eigenvalue weighted by atomic mass is 10.0. The first-order valence-corrected chi connectivity index (χ1v) is 18.1. The molecule has 0 aliphatic heterocycles. The van der Waals surface area contributed by atoms with Crippen molar-refractivity contribution in [1.82, 2.24) is 15.6 Å². The van der Waals surface area contributed by atoms with E-state index in [4.69, 9.17) is 9.16 Å². The molecule has 4 rings (SSSR count). The van der Waals surface area contributed by atoms with E-state index in [-0.39, 0.29) is 35.4 Å². The average molecular weight is 618 g/mol. The molecular weight excluding hydrogens is 570 g/mol. The molecule has 9 heteroatoms. The summed E-state index contributed by atoms with van der Waals surface area (Å²) in [6.07, 6.45) is 0.567. The fraction of sp³-hybridized carbons (Fsp3) is 0.400. The third kappa shape index (κ3) is 8.29. The van der Waals surface area contributed by atoms with Gasteiger partial charge in [0.25, 0.3) is 5.91 Å². The quantitative estimate of drug-likeness (QED) is 0.108. The number of hydrogen-bond donors (Lipinski definition) is 5. The standard InChI is InChI=1S/C35H47N3O5Si/c1-23(36-21-33(43-44(6,7)35(2,3)4)26-12-14-32(40)28(18-26)22-39)15-24-11-13-30-27(16-24)19-31(38-30)34(41)37-20-25-9-8-10-29(17-25)42-5/h8-14,16-19,23,33,36,38-40H,15,20-22H2,1-7H3,(H,37,41)/t23-,33-/m1/s1. The normalized spacial score (nSPS) is 13.5. The summed E-state index contributed by atoms with van der Waals surface area (Å²) in [5.74, 6) is 0.682. The number of fused-ring (bicyclic) bond motifs is 1. The van der Waals surface area contributed by atoms with Gasteiger partial charge in [0.15, 0.2) is 8.32 Å². The topological polar surface area (TPSA) is 116 Å². The Morgan fingerprint density at radius 1 is 1.02 bits per heavy atom. The molecule has 0 aliphatic carbocycles. The maximum Gasteiger partial charge on any atom is 0.267 e. The molecule has 44 heavy (non-hydrogen) atoms. The first-order chi connectivity index (χ1) is 20.8. The summed E-state index contributed by atoms with van der Waals surface area (Å²) in [4.78, 5) is 16.1. The highest BCUT2D eigenvalue weighted by molar-refractivity contribution is 6.74. The first kappa shape index (κ1) is 33.3. The summed E-state index contributed by atoms with van der Waals surface area (Å²) >= 11 is 0. The van der Waals surface area contributed by atoms with Crippen LogP contribution in [0.5, 0.6) is 11.5 Å². The van der Waals surface area contributed by atoms with Crippen LogP contribution in [-0.4, -0.2) is 49.1 Å². The van der Waals surface area contributed by atoms with Crippen LogP contribution in [0.2, 0.25) is 18.1 Å². The molecule has 0 spiro atoms. The number of rotatable bonds is 13. The second-order valence-corrected chi connectivity index (χ2v) is 17.8. The Labute approximate surface area is 261 Å². The SMILES string of the molecule is COc1cccc(CNC(=O)c2cc3cc(C[C@@H](C)NC[C@@H](O[Si](C)(C)C(C)(C)C)c4ccc(O)c(CO)c4)ccc3[nH]2)c1. The zero-order valence-corrected chi connectivity index (χ0v) is 28.0. The predicted molar refractivity (Wildman–Crippen MR) is 179 cm³/mol. The van der Waals surface area contributed by atoms with E-state index in [0.29, 0.717) is 24.3 Å². The zero-order valence-electron chi connectivity index (χ0n) is 27.0. The molecule has 1 aromatic heterocycles. The maximum atomic E-state index is 12.9. The Morgan fingerprint density at radius 3 is 2.50 bits per heavy atom. The van der Waals surface area contributed by atoms with Crippen molar-refractivity contribution in [2.24, 2.45) is 0 Å². The summed E-state index contributed by atoms with van der Waals surface area (Å²) in [5, 5.41) is 27.5. The van der Waals surface area contributed by atoms with Crippen molar-refractivity contribution in [3.05, 3.63) is 94.7 Å². The summed E-state index contributed by atoms with van der Waals surface area (Å²) < 4.78 is 12.1. The molecule has 1 heterocycles. The van der Waals surface area contributed by atoms with Gasteiger partial charge in [0.1, 0.15) is 17.2 Å². The van der Waals surface area contributed by atoms with Gasteiger partial charge in [0.2, 0.25) is 0 Å². The van der Waals surface area contributed by atoms with Gasteiger partial charge in [-0.15, -0.1) is 0 Å². The molecule has 8 nitrogen and oxygen atoms in total. The largest absolute Gasteiger partial charge is 0.508 e. The predicted octanol–water partition coefficient (Wildman–Crippen LogP) is 6.59. The van der Waals surface area contributed by atoms with Crippen LogP contribution in [-0.2, 0) is 24.0 Å². The van der Waals surface area contributed by atoms with Gasteiger partial charge in [-0.05, 0) is 90.6 Å². The van der Waals surface area contributed by atoms with Gasteiger partial charge in [0, 0.05) is 35.6 Å². The molecule has 5 N–H and O–H groups in total. The Bertz CT molecular complexity index is 1580. The average Bonchev–Trinajstić information content (AvgIpc) is 3.41. The zero-order chi connectivity index (χ0) is 32.1. The number of aromatic nitrogens is 1. The van der Waals surface area contributed by atoms with E-state index in [2.05, 4.69) is 68.5 Å². The Hall–Kier alpha value is -3.63. The van der Waals surface area contributed by atoms with Crippen molar-refractivity contribution in [3.63, 3.8) is 0 Å². The van der Waals surface area contributed by atoms with Crippen molar-refractivity contribution < 1.29 is 24.2 Å². The first-order valence-electron chi connectivity index (χ1n) is 15.2. The molecule has 0 fully saturated rings. The number of aromatic hydroxyl groups is 1. The molecule has 0 saturated carbocycles. The van der Waals surface area contributed by atoms with Crippen LogP contribution >= 0.6 is 0 Å². The van der Waals surface area contributed by atoms with E-state index in [9.17, 15) is 15.0 Å². The number of H-pyrrole nitrogens is 1. The Kier molecular flexibility index (Phi) is 10.6. The number of benzene rings is 3. The number of nitrogens with one attached hydrogen (secondary N) is 3. The van der Waals surface area contributed by atoms with Gasteiger partial charge < -0.3 is 35.0 Å². The molecule has 0 unspecified atom stereocenters. The van der Waals surface area contributed by atoms with Crippen molar-refractivity contribution in [3.8, 4) is 11.5 Å². The Balaban J connectivity index is 1.41. The molecular formula is C35H47N3O5Si. The third-order valence-electron chi connectivity index (χ3n) is 8.60. The molecule has 236 valence electrons. The van der Waals surface area contributed by atoms with E-state index in [0.717, 1.165) is 39.8 Å². The summed E-state index contributed by atoms with van der Waals surface area (Å²) in [7, 11) is -0.487. The van der Waals surface area contributed by atoms with Crippen LogP contribution < -0.4 is 15.4 Å². The lowest BCUT2D eigenvalue weighted by molar-refractivity contribution is 0.0946. The summed E-state index contributed by atoms with van der Waals surface area (Å²) in [6, 6.07) is 21.3. The Morgan fingerprint density at radius 2 is 1.80 bits per heavy atom. The van der Waals surface area contributed by atoms with Gasteiger partial charge in [-0.1, -0.05) is 45.0 Å². The highest BCUT2D eigenvalue weighted by atomic mass is 28.4. The molecule has 0 aliphatic rings. The second-order valence-electron chi connectivity index (χ2n) is 13.1. The van der Waals surface area contributed by atoms with Crippen LogP contribution in [0.1, 0.15) is 66.5 Å². The lowest BCUT2D eigenvalue weighted by Gasteiger charge is -2.40. The maximum absolute atomic E-state index is 12.9. The fourth-order valence-electron chi connectivity index (χ4n) is 4.92. The van der Waals surface area contributed by atoms with Crippen LogP contribution in [0.4, 0.5) is 0 Å². The van der Waals surface area contributed by atoms with Crippen molar-refractivity contribution >= 4 is 25.1 Å². The van der Waals surface area contributed by atoms with E-state index < -0.39 is 8.32 Å². The highest BCUT2D eigenvalue weighted by Gasteiger charge is 2.39. The van der Waals surface area contributed by atoms with Crippen LogP contribution in [0.15, 0.2) is 66.7 Å². The fourth-order valence-corrected chi connectivity index (χ4v) is 6.20. The number of ether oxygens (including phenoxy) is 1. The van der Waals surface area contributed by atoms with Crippen molar-refractivity contribution in [2.45, 2.75) is 77.5 Å². The number of carbonyl (C=O) groups excluding carboxylic acids is 1. The van der Waals surface area contributed by atoms with Gasteiger partial charge >= 0.3 is 0 Å². The van der Waals surface area contributed by atoms with E-state index >= 15 is 0 Å². The van der Waals surface area contributed by atoms with Crippen LogP contribution in [0, 0.1) is 0 Å². The molecule has 0 bridgehead atoms. The highest BCUT2D eigenvalue weighted by Crippen LogP contribution is 2.40. The molecule has 0 saturated heterocycles. The minimum Gasteiger partial charge on any atom is -0.508 e. The number of phenols is 1. The molecule has 3 aromatic carbocycles. The van der Waals surface area contributed by atoms with Gasteiger partial charge in [-0.2, -0.15) is 0 Å². The number of aliphatic hydroxyl groups is 1. The summed E-state index contributed by atoms with van der Waals surface area (Å²) in [5.41, 5.74) is 4.99. The molecule has 0 radical (unpaired) electrons. The van der Waals surface area contributed by atoms with Gasteiger partial charge in [-0.25, -0.2) is 0 Å². The minimum atomic E-state index is -2.11. The van der Waals surface area contributed by atoms with E-state index in [1.165, 1.54) is 0 Å². The second kappa shape index (κ2) is 14.0. The van der Waals surface area contributed by atoms with Gasteiger partial charge in [0.05, 0.1) is 19.8 Å². The number of methoxy groups -OCH3 is 1. The molecule has 1 amide bonds. The lowest BCUT2D eigenvalue weighted by Crippen LogP contribution is -2.44. The van der Waals surface area contributed by atoms with E-state index in [1.807, 2.05) is 48.5 Å². The van der Waals surface area contributed by atoms with Crippen LogP contribution in [0.3, 0.4) is 0 Å². The number of carbonyl (C=O) groups is 1. The number of aliphatic hydroxyl groups excluding tert-OH is 1. The van der Waals surface area contributed by atoms with Gasteiger partial charge in [-0.3, -0.25) is 4.79 Å². The number of amides is 1. The molecule has 4 aromatic rings. The number of aromatic amines is 1. The van der Waals surface area contributed by atoms with Crippen molar-refractivity contribution in [1.29, 1.82) is 0 Å². The van der Waals surface area contributed by atoms with E-state index in [1.54, 1.807) is 13.2 Å². The molecule has 2 atom stereocenters. The third-order valence-corrected chi connectivity index (χ3v) is 13.1. The number of hydrogen-bond acceptors (Lipinski definition) is 6. The smallest absolute Gasteiger partial charge is 0.267 e. The monoisotopic (exact) mass is 617 g/mol. The minimum absolute atomic E-state index is 0.0322. The summed E-state index contributed by atoms with van der Waals surface area (Å²) in [6.45, 7) is 14.0. The van der Waals surface area contributed by atoms with Crippen molar-refractivity contribution in [2.75, 3.05) is 13.7 Å². The van der Waals surface area contributed by atoms with Crippen LogP contribution in [0.25, 0.3) is 10.9 Å².